The minimum absolute atomic E-state index is 0.193. The molecule has 1 aromatic rings. The number of anilines is 1. The second kappa shape index (κ2) is 5.06. The molecule has 5 nitrogen and oxygen atoms in total. The van der Waals surface area contributed by atoms with Crippen LogP contribution in [0.1, 0.15) is 19.3 Å². The van der Waals surface area contributed by atoms with Crippen molar-refractivity contribution in [1.29, 1.82) is 0 Å². The van der Waals surface area contributed by atoms with E-state index in [4.69, 9.17) is 0 Å². The van der Waals surface area contributed by atoms with Gasteiger partial charge in [-0.2, -0.15) is 0 Å². The molecule has 1 saturated heterocycles. The fourth-order valence-corrected chi connectivity index (χ4v) is 3.08. The first-order valence-corrected chi connectivity index (χ1v) is 7.80. The third-order valence-electron chi connectivity index (χ3n) is 3.13. The van der Waals surface area contributed by atoms with E-state index in [1.807, 2.05) is 0 Å². The van der Waals surface area contributed by atoms with E-state index < -0.39 is 9.84 Å². The summed E-state index contributed by atoms with van der Waals surface area (Å²) in [6, 6.07) is 2.86. The number of nitrogens with zero attached hydrogens (tertiary/aromatic N) is 2. The van der Waals surface area contributed by atoms with Crippen LogP contribution in [0.4, 0.5) is 5.82 Å². The molecule has 1 aliphatic heterocycles. The van der Waals surface area contributed by atoms with Crippen molar-refractivity contribution in [3.63, 3.8) is 0 Å². The molecular weight excluding hydrogens is 252 g/mol. The highest BCUT2D eigenvalue weighted by Gasteiger charge is 2.27. The lowest BCUT2D eigenvalue weighted by Crippen LogP contribution is -2.41. The monoisotopic (exact) mass is 268 g/mol. The van der Waals surface area contributed by atoms with Gasteiger partial charge in [0.1, 0.15) is 17.0 Å². The van der Waals surface area contributed by atoms with Crippen LogP contribution < -0.4 is 4.90 Å². The molecule has 0 radical (unpaired) electrons. The van der Waals surface area contributed by atoms with Crippen molar-refractivity contribution in [2.45, 2.75) is 30.2 Å². The van der Waals surface area contributed by atoms with Gasteiger partial charge in [0.2, 0.25) is 0 Å². The van der Waals surface area contributed by atoms with Crippen molar-refractivity contribution in [2.75, 3.05) is 17.7 Å². The first kappa shape index (κ1) is 13.0. The Morgan fingerprint density at radius 3 is 2.89 bits per heavy atom. The van der Waals surface area contributed by atoms with Crippen molar-refractivity contribution < 1.29 is 13.2 Å². The molecule has 0 N–H and O–H groups in total. The van der Waals surface area contributed by atoms with Crippen molar-refractivity contribution >= 4 is 21.9 Å². The molecule has 0 bridgehead atoms. The van der Waals surface area contributed by atoms with E-state index in [0.29, 0.717) is 12.4 Å². The van der Waals surface area contributed by atoms with Gasteiger partial charge in [0, 0.05) is 19.0 Å². The lowest BCUT2D eigenvalue weighted by molar-refractivity contribution is -0.109. The molecule has 0 saturated carbocycles. The zero-order chi connectivity index (χ0) is 13.2. The molecule has 0 aliphatic carbocycles. The normalized spacial score (nSPS) is 20.7. The number of sulfone groups is 1. The summed E-state index contributed by atoms with van der Waals surface area (Å²) in [5.41, 5.74) is 0. The lowest BCUT2D eigenvalue weighted by atomic mass is 10.0. The summed E-state index contributed by atoms with van der Waals surface area (Å²) >= 11 is 0. The van der Waals surface area contributed by atoms with Crippen LogP contribution in [0.5, 0.6) is 0 Å². The molecule has 1 aromatic heterocycles. The SMILES string of the molecule is CS(=O)(=O)c1cccnc1N1CCCCC1C=O. The van der Waals surface area contributed by atoms with Crippen LogP contribution in [0, 0.1) is 0 Å². The van der Waals surface area contributed by atoms with Gasteiger partial charge in [0.25, 0.3) is 0 Å². The Hall–Kier alpha value is -1.43. The van der Waals surface area contributed by atoms with Gasteiger partial charge in [-0.15, -0.1) is 0 Å². The summed E-state index contributed by atoms with van der Waals surface area (Å²) < 4.78 is 23.5. The topological polar surface area (TPSA) is 67.3 Å². The highest BCUT2D eigenvalue weighted by atomic mass is 32.2. The van der Waals surface area contributed by atoms with Gasteiger partial charge in [-0.1, -0.05) is 0 Å². The maximum absolute atomic E-state index is 11.7. The van der Waals surface area contributed by atoms with Crippen molar-refractivity contribution in [3.8, 4) is 0 Å². The standard InChI is InChI=1S/C12H16N2O3S/c1-18(16,17)11-6-4-7-13-12(11)14-8-3-2-5-10(14)9-15/h4,6-7,9-10H,2-3,5,8H2,1H3. The van der Waals surface area contributed by atoms with E-state index >= 15 is 0 Å². The molecule has 1 aliphatic rings. The number of carbonyl (C=O) groups is 1. The van der Waals surface area contributed by atoms with Gasteiger partial charge in [-0.05, 0) is 31.4 Å². The van der Waals surface area contributed by atoms with Gasteiger partial charge in [-0.3, -0.25) is 0 Å². The molecule has 0 spiro atoms. The van der Waals surface area contributed by atoms with E-state index in [0.717, 1.165) is 31.8 Å². The summed E-state index contributed by atoms with van der Waals surface area (Å²) in [6.45, 7) is 0.670. The van der Waals surface area contributed by atoms with Crippen molar-refractivity contribution in [3.05, 3.63) is 18.3 Å². The van der Waals surface area contributed by atoms with Crippen LogP contribution in [-0.4, -0.2) is 38.5 Å². The second-order valence-corrected chi connectivity index (χ2v) is 6.47. The number of hydrogen-bond donors (Lipinski definition) is 0. The number of piperidine rings is 1. The molecule has 1 fully saturated rings. The minimum Gasteiger partial charge on any atom is -0.346 e. The smallest absolute Gasteiger partial charge is 0.179 e. The molecule has 0 amide bonds. The number of rotatable bonds is 3. The number of pyridine rings is 1. The lowest BCUT2D eigenvalue weighted by Gasteiger charge is -2.34. The predicted octanol–water partition coefficient (Wildman–Crippen LogP) is 1.04. The van der Waals surface area contributed by atoms with Crippen LogP contribution in [0.2, 0.25) is 0 Å². The summed E-state index contributed by atoms with van der Waals surface area (Å²) in [6.07, 6.45) is 6.28. The van der Waals surface area contributed by atoms with Crippen LogP contribution in [0.15, 0.2) is 23.2 Å². The molecule has 2 rings (SSSR count). The van der Waals surface area contributed by atoms with Crippen LogP contribution in [0.3, 0.4) is 0 Å². The second-order valence-electron chi connectivity index (χ2n) is 4.49. The highest BCUT2D eigenvalue weighted by Crippen LogP contribution is 2.27. The first-order valence-electron chi connectivity index (χ1n) is 5.91. The minimum atomic E-state index is -3.33. The van der Waals surface area contributed by atoms with E-state index in [1.165, 1.54) is 6.07 Å². The third-order valence-corrected chi connectivity index (χ3v) is 4.25. The third kappa shape index (κ3) is 2.53. The molecule has 1 atom stereocenters. The molecule has 6 heteroatoms. The van der Waals surface area contributed by atoms with Crippen LogP contribution in [-0.2, 0) is 14.6 Å². The van der Waals surface area contributed by atoms with E-state index in [2.05, 4.69) is 4.98 Å². The average molecular weight is 268 g/mol. The summed E-state index contributed by atoms with van der Waals surface area (Å²) in [4.78, 5) is 17.2. The Bertz CT molecular complexity index is 542. The fraction of sp³-hybridized carbons (Fsp3) is 0.500. The van der Waals surface area contributed by atoms with Gasteiger partial charge in [0.15, 0.2) is 9.84 Å². The number of hydrogen-bond acceptors (Lipinski definition) is 5. The quantitative estimate of drug-likeness (QED) is 0.766. The Morgan fingerprint density at radius 2 is 2.22 bits per heavy atom. The summed E-state index contributed by atoms with van der Waals surface area (Å²) in [5, 5.41) is 0. The summed E-state index contributed by atoms with van der Waals surface area (Å²) in [5.74, 6) is 0.400. The molecule has 2 heterocycles. The number of aromatic nitrogens is 1. The van der Waals surface area contributed by atoms with E-state index in [9.17, 15) is 13.2 Å². The first-order chi connectivity index (χ1) is 8.54. The van der Waals surface area contributed by atoms with Gasteiger partial charge in [-0.25, -0.2) is 13.4 Å². The van der Waals surface area contributed by atoms with E-state index in [-0.39, 0.29) is 10.9 Å². The largest absolute Gasteiger partial charge is 0.346 e. The Kier molecular flexibility index (Phi) is 3.65. The Labute approximate surface area is 107 Å². The number of carbonyl (C=O) groups excluding carboxylic acids is 1. The van der Waals surface area contributed by atoms with Gasteiger partial charge in [0.05, 0.1) is 6.04 Å². The van der Waals surface area contributed by atoms with Gasteiger partial charge >= 0.3 is 0 Å². The Morgan fingerprint density at radius 1 is 1.44 bits per heavy atom. The molecule has 18 heavy (non-hydrogen) atoms. The fourth-order valence-electron chi connectivity index (χ4n) is 2.25. The van der Waals surface area contributed by atoms with Crippen LogP contribution in [0.25, 0.3) is 0 Å². The van der Waals surface area contributed by atoms with Crippen molar-refractivity contribution in [2.24, 2.45) is 0 Å². The maximum atomic E-state index is 11.7. The highest BCUT2D eigenvalue weighted by molar-refractivity contribution is 7.90. The predicted molar refractivity (Wildman–Crippen MR) is 68.4 cm³/mol. The van der Waals surface area contributed by atoms with E-state index in [1.54, 1.807) is 17.2 Å². The van der Waals surface area contributed by atoms with Crippen molar-refractivity contribution in [1.82, 2.24) is 4.98 Å². The number of aldehydes is 1. The molecule has 0 aromatic carbocycles. The zero-order valence-corrected chi connectivity index (χ0v) is 11.1. The zero-order valence-electron chi connectivity index (χ0n) is 10.2. The Balaban J connectivity index is 2.47. The van der Waals surface area contributed by atoms with Crippen LogP contribution >= 0.6 is 0 Å². The maximum Gasteiger partial charge on any atom is 0.179 e. The summed E-state index contributed by atoms with van der Waals surface area (Å²) in [7, 11) is -3.33. The molecular formula is C12H16N2O3S. The molecule has 1 unspecified atom stereocenters. The average Bonchev–Trinajstić information content (AvgIpc) is 2.37. The molecule has 98 valence electrons. The van der Waals surface area contributed by atoms with Gasteiger partial charge < -0.3 is 9.69 Å².